The van der Waals surface area contributed by atoms with E-state index in [1.165, 1.54) is 0 Å². The molecule has 0 fully saturated rings. The van der Waals surface area contributed by atoms with E-state index in [1.54, 1.807) is 13.1 Å². The third kappa shape index (κ3) is 3.91. The van der Waals surface area contributed by atoms with Crippen molar-refractivity contribution < 1.29 is 4.79 Å². The molecule has 0 unspecified atom stereocenters. The van der Waals surface area contributed by atoms with Crippen LogP contribution < -0.4 is 5.32 Å². The zero-order valence-electron chi connectivity index (χ0n) is 10.2. The van der Waals surface area contributed by atoms with Gasteiger partial charge in [0, 0.05) is 18.2 Å². The number of hydrogen-bond acceptors (Lipinski definition) is 1. The molecule has 1 rings (SSSR count). The van der Waals surface area contributed by atoms with Crippen LogP contribution in [0.25, 0.3) is 0 Å². The Labute approximate surface area is 98.1 Å². The normalized spacial score (nSPS) is 10.2. The second kappa shape index (κ2) is 5.00. The van der Waals surface area contributed by atoms with Crippen LogP contribution in [0.1, 0.15) is 15.9 Å². The highest BCUT2D eigenvalue weighted by molar-refractivity contribution is 6.83. The van der Waals surface area contributed by atoms with Crippen molar-refractivity contribution in [1.29, 1.82) is 0 Å². The van der Waals surface area contributed by atoms with E-state index >= 15 is 0 Å². The lowest BCUT2D eigenvalue weighted by Gasteiger charge is -2.04. The fraction of sp³-hybridized carbons (Fsp3) is 0.308. The highest BCUT2D eigenvalue weighted by atomic mass is 28.3. The first-order valence-corrected chi connectivity index (χ1v) is 8.78. The van der Waals surface area contributed by atoms with Gasteiger partial charge in [-0.1, -0.05) is 31.6 Å². The van der Waals surface area contributed by atoms with E-state index in [4.69, 9.17) is 0 Å². The van der Waals surface area contributed by atoms with Gasteiger partial charge in [0.05, 0.1) is 0 Å². The summed E-state index contributed by atoms with van der Waals surface area (Å²) in [5.74, 6) is 3.06. The topological polar surface area (TPSA) is 29.1 Å². The van der Waals surface area contributed by atoms with Crippen molar-refractivity contribution in [2.24, 2.45) is 0 Å². The zero-order chi connectivity index (χ0) is 12.2. The van der Waals surface area contributed by atoms with Gasteiger partial charge in [-0.3, -0.25) is 4.79 Å². The van der Waals surface area contributed by atoms with Gasteiger partial charge in [0.2, 0.25) is 0 Å². The second-order valence-corrected chi connectivity index (χ2v) is 9.41. The standard InChI is InChI=1S/C13H17NOSi/c1-14-13(15)12-7-5-6-11(10-12)8-9-16(2,3)4/h5-7,10H,1-4H3,(H,14,15). The van der Waals surface area contributed by atoms with E-state index in [2.05, 4.69) is 36.4 Å². The number of nitrogens with one attached hydrogen (secondary N) is 1. The summed E-state index contributed by atoms with van der Waals surface area (Å²) in [6, 6.07) is 7.41. The number of carbonyl (C=O) groups excluding carboxylic acids is 1. The Morgan fingerprint density at radius 2 is 2.00 bits per heavy atom. The van der Waals surface area contributed by atoms with Gasteiger partial charge in [0.25, 0.3) is 5.91 Å². The molecule has 1 aromatic rings. The van der Waals surface area contributed by atoms with Crippen molar-refractivity contribution in [1.82, 2.24) is 5.32 Å². The lowest BCUT2D eigenvalue weighted by atomic mass is 10.1. The minimum Gasteiger partial charge on any atom is -0.355 e. The van der Waals surface area contributed by atoms with E-state index in [9.17, 15) is 4.79 Å². The molecular weight excluding hydrogens is 214 g/mol. The van der Waals surface area contributed by atoms with Gasteiger partial charge in [-0.15, -0.1) is 5.54 Å². The first kappa shape index (κ1) is 12.5. The van der Waals surface area contributed by atoms with Crippen molar-refractivity contribution in [2.75, 3.05) is 7.05 Å². The maximum Gasteiger partial charge on any atom is 0.251 e. The van der Waals surface area contributed by atoms with Crippen LogP contribution in [0.2, 0.25) is 19.6 Å². The summed E-state index contributed by atoms with van der Waals surface area (Å²) in [4.78, 5) is 11.4. The van der Waals surface area contributed by atoms with Crippen LogP contribution in [0.15, 0.2) is 24.3 Å². The van der Waals surface area contributed by atoms with Crippen LogP contribution in [0.3, 0.4) is 0 Å². The molecule has 84 valence electrons. The molecule has 0 heterocycles. The maximum atomic E-state index is 11.4. The first-order valence-electron chi connectivity index (χ1n) is 5.28. The number of carbonyl (C=O) groups is 1. The maximum absolute atomic E-state index is 11.4. The molecule has 2 nitrogen and oxygen atoms in total. The number of benzene rings is 1. The highest BCUT2D eigenvalue weighted by Crippen LogP contribution is 2.05. The Kier molecular flexibility index (Phi) is 3.91. The molecule has 0 aromatic heterocycles. The lowest BCUT2D eigenvalue weighted by molar-refractivity contribution is 0.0963. The molecule has 0 spiro atoms. The van der Waals surface area contributed by atoms with Gasteiger partial charge in [-0.05, 0) is 18.2 Å². The van der Waals surface area contributed by atoms with Crippen LogP contribution in [0.5, 0.6) is 0 Å². The van der Waals surface area contributed by atoms with Crippen molar-refractivity contribution in [3.63, 3.8) is 0 Å². The minimum absolute atomic E-state index is 0.0725. The Hall–Kier alpha value is -1.53. The molecule has 0 aliphatic rings. The van der Waals surface area contributed by atoms with Crippen molar-refractivity contribution in [3.05, 3.63) is 35.4 Å². The summed E-state index contributed by atoms with van der Waals surface area (Å²) < 4.78 is 0. The van der Waals surface area contributed by atoms with Crippen LogP contribution in [0, 0.1) is 11.5 Å². The van der Waals surface area contributed by atoms with Gasteiger partial charge < -0.3 is 5.32 Å². The predicted octanol–water partition coefficient (Wildman–Crippen LogP) is 2.28. The molecule has 0 saturated heterocycles. The molecular formula is C13H17NOSi. The quantitative estimate of drug-likeness (QED) is 0.583. The van der Waals surface area contributed by atoms with Gasteiger partial charge in [-0.25, -0.2) is 0 Å². The van der Waals surface area contributed by atoms with Gasteiger partial charge in [-0.2, -0.15) is 0 Å². The average Bonchev–Trinajstić information content (AvgIpc) is 2.25. The van der Waals surface area contributed by atoms with E-state index in [0.29, 0.717) is 5.56 Å². The largest absolute Gasteiger partial charge is 0.355 e. The molecule has 0 radical (unpaired) electrons. The molecule has 16 heavy (non-hydrogen) atoms. The van der Waals surface area contributed by atoms with Crippen LogP contribution in [-0.2, 0) is 0 Å². The molecule has 1 aromatic carbocycles. The number of hydrogen-bond donors (Lipinski definition) is 1. The lowest BCUT2D eigenvalue weighted by Crippen LogP contribution is -2.18. The van der Waals surface area contributed by atoms with E-state index in [0.717, 1.165) is 5.56 Å². The molecule has 0 atom stereocenters. The minimum atomic E-state index is -1.35. The monoisotopic (exact) mass is 231 g/mol. The summed E-state index contributed by atoms with van der Waals surface area (Å²) in [7, 11) is 0.273. The molecule has 1 amide bonds. The third-order valence-electron chi connectivity index (χ3n) is 1.93. The van der Waals surface area contributed by atoms with Crippen molar-refractivity contribution >= 4 is 14.0 Å². The van der Waals surface area contributed by atoms with Crippen molar-refractivity contribution in [3.8, 4) is 11.5 Å². The van der Waals surface area contributed by atoms with Crippen LogP contribution in [0.4, 0.5) is 0 Å². The summed E-state index contributed by atoms with van der Waals surface area (Å²) >= 11 is 0. The summed E-state index contributed by atoms with van der Waals surface area (Å²) in [6.45, 7) is 6.59. The summed E-state index contributed by atoms with van der Waals surface area (Å²) in [5.41, 5.74) is 4.84. The van der Waals surface area contributed by atoms with Crippen LogP contribution in [-0.4, -0.2) is 21.0 Å². The molecule has 0 aliphatic carbocycles. The van der Waals surface area contributed by atoms with E-state index in [1.807, 2.05) is 18.2 Å². The van der Waals surface area contributed by atoms with E-state index in [-0.39, 0.29) is 5.91 Å². The Morgan fingerprint density at radius 3 is 2.56 bits per heavy atom. The van der Waals surface area contributed by atoms with Crippen molar-refractivity contribution in [2.45, 2.75) is 19.6 Å². The van der Waals surface area contributed by atoms with Gasteiger partial charge in [0.15, 0.2) is 0 Å². The molecule has 1 N–H and O–H groups in total. The molecule has 0 saturated carbocycles. The Morgan fingerprint density at radius 1 is 1.31 bits per heavy atom. The van der Waals surface area contributed by atoms with Gasteiger partial charge in [0.1, 0.15) is 8.07 Å². The van der Waals surface area contributed by atoms with Gasteiger partial charge >= 0.3 is 0 Å². The predicted molar refractivity (Wildman–Crippen MR) is 70.1 cm³/mol. The number of amides is 1. The second-order valence-electron chi connectivity index (χ2n) is 4.66. The van der Waals surface area contributed by atoms with Crippen LogP contribution >= 0.6 is 0 Å². The fourth-order valence-corrected chi connectivity index (χ4v) is 1.66. The number of rotatable bonds is 1. The van der Waals surface area contributed by atoms with E-state index < -0.39 is 8.07 Å². The summed E-state index contributed by atoms with van der Waals surface area (Å²) in [6.07, 6.45) is 0. The Bertz CT molecular complexity index is 449. The highest BCUT2D eigenvalue weighted by Gasteiger charge is 2.07. The molecule has 3 heteroatoms. The average molecular weight is 231 g/mol. The first-order chi connectivity index (χ1) is 7.42. The zero-order valence-corrected chi connectivity index (χ0v) is 11.2. The Balaban J connectivity index is 2.99. The molecule has 0 bridgehead atoms. The SMILES string of the molecule is CNC(=O)c1cccc(C#C[Si](C)(C)C)c1. The fourth-order valence-electron chi connectivity index (χ4n) is 1.14. The molecule has 0 aliphatic heterocycles. The third-order valence-corrected chi connectivity index (χ3v) is 2.81. The summed E-state index contributed by atoms with van der Waals surface area (Å²) in [5, 5.41) is 2.60. The smallest absolute Gasteiger partial charge is 0.251 e.